The molecule has 1 aliphatic rings. The van der Waals surface area contributed by atoms with Crippen LogP contribution in [0.25, 0.3) is 0 Å². The molecule has 32 heavy (non-hydrogen) atoms. The number of carbonyl (C=O) groups is 2. The number of benzene rings is 2. The summed E-state index contributed by atoms with van der Waals surface area (Å²) in [6, 6.07) is 9.49. The zero-order chi connectivity index (χ0) is 23.9. The number of rotatable bonds is 6. The minimum absolute atomic E-state index is 0.0722. The Morgan fingerprint density at radius 1 is 1.25 bits per heavy atom. The molecular weight excluding hydrogens is 478 g/mol. The van der Waals surface area contributed by atoms with Crippen LogP contribution >= 0.6 is 15.9 Å². The van der Waals surface area contributed by atoms with Gasteiger partial charge in [-0.25, -0.2) is 0 Å². The van der Waals surface area contributed by atoms with Crippen molar-refractivity contribution in [3.63, 3.8) is 0 Å². The van der Waals surface area contributed by atoms with E-state index < -0.39 is 5.60 Å². The fraction of sp³-hybridized carbons (Fsp3) is 0.417. The second kappa shape index (κ2) is 11.3. The van der Waals surface area contributed by atoms with Gasteiger partial charge in [0.1, 0.15) is 23.9 Å². The number of amides is 1. The number of morpholine rings is 1. The molecule has 0 aliphatic carbocycles. The van der Waals surface area contributed by atoms with Crippen molar-refractivity contribution in [2.24, 2.45) is 0 Å². The molecular formula is C24H30BrNO6. The van der Waals surface area contributed by atoms with Gasteiger partial charge in [-0.1, -0.05) is 26.0 Å². The van der Waals surface area contributed by atoms with E-state index in [2.05, 4.69) is 15.9 Å². The highest BCUT2D eigenvalue weighted by Crippen LogP contribution is 2.32. The topological polar surface area (TPSA) is 85.3 Å². The largest absolute Gasteiger partial charge is 0.507 e. The van der Waals surface area contributed by atoms with Gasteiger partial charge in [-0.05, 0) is 54.0 Å². The predicted molar refractivity (Wildman–Crippen MR) is 126 cm³/mol. The molecule has 0 spiro atoms. The van der Waals surface area contributed by atoms with E-state index in [1.165, 1.54) is 6.07 Å². The molecule has 1 unspecified atom stereocenters. The maximum Gasteiger partial charge on any atom is 0.255 e. The minimum atomic E-state index is -0.517. The van der Waals surface area contributed by atoms with Crippen molar-refractivity contribution < 1.29 is 28.9 Å². The van der Waals surface area contributed by atoms with Crippen LogP contribution in [0.1, 0.15) is 48.4 Å². The molecule has 1 heterocycles. The van der Waals surface area contributed by atoms with Gasteiger partial charge in [0.05, 0.1) is 41.0 Å². The number of aromatic hydroxyl groups is 1. The predicted octanol–water partition coefficient (Wildman–Crippen LogP) is 4.70. The summed E-state index contributed by atoms with van der Waals surface area (Å²) in [6.45, 7) is 8.59. The van der Waals surface area contributed by atoms with Crippen LogP contribution in [0.3, 0.4) is 0 Å². The van der Waals surface area contributed by atoms with E-state index in [-0.39, 0.29) is 42.2 Å². The van der Waals surface area contributed by atoms with Gasteiger partial charge in [-0.3, -0.25) is 9.59 Å². The Hall–Kier alpha value is -2.58. The molecule has 1 saturated heterocycles. The number of ether oxygens (including phenoxy) is 3. The van der Waals surface area contributed by atoms with Gasteiger partial charge in [0.2, 0.25) is 0 Å². The zero-order valence-corrected chi connectivity index (χ0v) is 20.6. The van der Waals surface area contributed by atoms with Crippen LogP contribution < -0.4 is 9.47 Å². The summed E-state index contributed by atoms with van der Waals surface area (Å²) in [4.78, 5) is 26.4. The molecule has 1 atom stereocenters. The summed E-state index contributed by atoms with van der Waals surface area (Å²) in [7, 11) is 1.54. The van der Waals surface area contributed by atoms with Crippen LogP contribution in [-0.4, -0.2) is 60.7 Å². The van der Waals surface area contributed by atoms with Gasteiger partial charge in [0.15, 0.2) is 6.29 Å². The lowest BCUT2D eigenvalue weighted by Gasteiger charge is -2.43. The Balaban J connectivity index is 0.00000176. The lowest BCUT2D eigenvalue weighted by atomic mass is 10.0. The van der Waals surface area contributed by atoms with E-state index >= 15 is 0 Å². The van der Waals surface area contributed by atoms with Crippen LogP contribution in [-0.2, 0) is 4.74 Å². The highest BCUT2D eigenvalue weighted by atomic mass is 79.9. The monoisotopic (exact) mass is 507 g/mol. The first-order valence-electron chi connectivity index (χ1n) is 10.4. The number of nitrogens with zero attached hydrogens (tertiary/aromatic N) is 1. The van der Waals surface area contributed by atoms with E-state index in [1.54, 1.807) is 42.3 Å². The Morgan fingerprint density at radius 2 is 1.91 bits per heavy atom. The lowest BCUT2D eigenvalue weighted by molar-refractivity contribution is -0.108. The van der Waals surface area contributed by atoms with Gasteiger partial charge >= 0.3 is 0 Å². The Bertz CT molecular complexity index is 946. The molecule has 2 aromatic rings. The number of carbonyl (C=O) groups excluding carboxylic acids is 2. The summed E-state index contributed by atoms with van der Waals surface area (Å²) in [5.41, 5.74) is 0.0298. The normalized spacial score (nSPS) is 17.1. The third kappa shape index (κ3) is 5.81. The highest BCUT2D eigenvalue weighted by Gasteiger charge is 2.38. The number of hydrogen-bond acceptors (Lipinski definition) is 6. The second-order valence-corrected chi connectivity index (χ2v) is 8.39. The average molecular weight is 508 g/mol. The van der Waals surface area contributed by atoms with Crippen molar-refractivity contribution in [3.8, 4) is 17.2 Å². The molecule has 0 saturated carbocycles. The number of phenols is 1. The molecule has 1 N–H and O–H groups in total. The number of aldehydes is 1. The zero-order valence-electron chi connectivity index (χ0n) is 19.1. The summed E-state index contributed by atoms with van der Waals surface area (Å²) in [6.07, 6.45) is 0.543. The number of phenolic OH excluding ortho intramolecular Hbond substituents is 1. The molecule has 3 rings (SSSR count). The molecule has 1 fully saturated rings. The van der Waals surface area contributed by atoms with Crippen LogP contribution in [0, 0.1) is 0 Å². The molecule has 1 amide bonds. The van der Waals surface area contributed by atoms with Crippen LogP contribution in [0.4, 0.5) is 0 Å². The first-order chi connectivity index (χ1) is 15.3. The maximum absolute atomic E-state index is 13.4. The Labute approximate surface area is 197 Å². The van der Waals surface area contributed by atoms with Crippen LogP contribution in [0.15, 0.2) is 40.9 Å². The molecule has 0 aromatic heterocycles. The van der Waals surface area contributed by atoms with Crippen LogP contribution in [0.5, 0.6) is 17.2 Å². The molecule has 8 heteroatoms. The van der Waals surface area contributed by atoms with Gasteiger partial charge < -0.3 is 24.2 Å². The minimum Gasteiger partial charge on any atom is -0.507 e. The van der Waals surface area contributed by atoms with Crippen molar-refractivity contribution in [2.45, 2.75) is 39.3 Å². The van der Waals surface area contributed by atoms with Crippen molar-refractivity contribution >= 4 is 28.1 Å². The molecule has 174 valence electrons. The standard InChI is InChI=1S/C22H24BrNO6.C2H6/c1-22(2)13-24(21(27)15-6-4-9-19(28-3)20(15)23)14(12-30-22)11-29-18-8-5-7-17(26)16(18)10-25;1-2/h4-10,14,26H,11-13H2,1-3H3;1-2H3. The molecule has 0 radical (unpaired) electrons. The fourth-order valence-electron chi connectivity index (χ4n) is 3.32. The lowest BCUT2D eigenvalue weighted by Crippen LogP contribution is -2.58. The summed E-state index contributed by atoms with van der Waals surface area (Å²) in [5.74, 6) is 0.482. The Kier molecular flexibility index (Phi) is 9.09. The van der Waals surface area contributed by atoms with Crippen molar-refractivity contribution in [2.75, 3.05) is 26.9 Å². The summed E-state index contributed by atoms with van der Waals surface area (Å²) < 4.78 is 17.6. The molecule has 7 nitrogen and oxygen atoms in total. The van der Waals surface area contributed by atoms with E-state index in [0.29, 0.717) is 28.6 Å². The molecule has 2 aromatic carbocycles. The van der Waals surface area contributed by atoms with E-state index in [9.17, 15) is 14.7 Å². The Morgan fingerprint density at radius 3 is 2.56 bits per heavy atom. The van der Waals surface area contributed by atoms with Crippen molar-refractivity contribution in [3.05, 3.63) is 52.0 Å². The fourth-order valence-corrected chi connectivity index (χ4v) is 3.92. The summed E-state index contributed by atoms with van der Waals surface area (Å²) >= 11 is 3.46. The van der Waals surface area contributed by atoms with Crippen molar-refractivity contribution in [1.29, 1.82) is 0 Å². The van der Waals surface area contributed by atoms with Gasteiger partial charge in [-0.2, -0.15) is 0 Å². The smallest absolute Gasteiger partial charge is 0.255 e. The number of halogens is 1. The van der Waals surface area contributed by atoms with Crippen molar-refractivity contribution in [1.82, 2.24) is 4.90 Å². The highest BCUT2D eigenvalue weighted by molar-refractivity contribution is 9.10. The van der Waals surface area contributed by atoms with Gasteiger partial charge in [-0.15, -0.1) is 0 Å². The third-order valence-electron chi connectivity index (χ3n) is 4.93. The van der Waals surface area contributed by atoms with E-state index in [0.717, 1.165) is 0 Å². The maximum atomic E-state index is 13.4. The second-order valence-electron chi connectivity index (χ2n) is 7.60. The van der Waals surface area contributed by atoms with Crippen LogP contribution in [0.2, 0.25) is 0 Å². The quantitative estimate of drug-likeness (QED) is 0.570. The van der Waals surface area contributed by atoms with Gasteiger partial charge in [0, 0.05) is 6.54 Å². The first-order valence-corrected chi connectivity index (χ1v) is 11.2. The average Bonchev–Trinajstić information content (AvgIpc) is 2.79. The van der Waals surface area contributed by atoms with Gasteiger partial charge in [0.25, 0.3) is 5.91 Å². The molecule has 0 bridgehead atoms. The van der Waals surface area contributed by atoms with E-state index in [4.69, 9.17) is 14.2 Å². The number of hydrogen-bond donors (Lipinski definition) is 1. The SMILES string of the molecule is CC.COc1cccc(C(=O)N2CC(C)(C)OCC2COc2cccc(O)c2C=O)c1Br. The molecule has 1 aliphatic heterocycles. The summed E-state index contributed by atoms with van der Waals surface area (Å²) in [5, 5.41) is 9.85. The third-order valence-corrected chi connectivity index (χ3v) is 5.74. The first kappa shape index (κ1) is 25.7. The van der Waals surface area contributed by atoms with E-state index in [1.807, 2.05) is 27.7 Å². The number of methoxy groups -OCH3 is 1.